The number of nitrogens with two attached hydrogens (primary N) is 1. The number of hydrogen-bond donors (Lipinski definition) is 3. The number of rotatable bonds is 7. The SMILES string of the molecule is Nc1ccc(N=Nc2ccc(N=Nc3ccc(S(=O)(=O)O)c4ccccc34)c3cc(S(=O)(=O)[O-])ccc23)c2cc(S(=O)(=O)O)ccc12.[Na+]. The van der Waals surface area contributed by atoms with Gasteiger partial charge >= 0.3 is 29.6 Å². The van der Waals surface area contributed by atoms with Crippen molar-refractivity contribution in [2.24, 2.45) is 20.5 Å². The van der Waals surface area contributed by atoms with E-state index in [-0.39, 0.29) is 78.3 Å². The van der Waals surface area contributed by atoms with Crippen LogP contribution in [0.2, 0.25) is 0 Å². The van der Waals surface area contributed by atoms with E-state index in [4.69, 9.17) is 5.73 Å². The Morgan fingerprint density at radius 3 is 1.50 bits per heavy atom. The quantitative estimate of drug-likeness (QED) is 0.0931. The largest absolute Gasteiger partial charge is 1.00 e. The Bertz CT molecular complexity index is 2690. The predicted molar refractivity (Wildman–Crippen MR) is 172 cm³/mol. The molecule has 0 aliphatic carbocycles. The Hall–Kier alpha value is -4.17. The summed E-state index contributed by atoms with van der Waals surface area (Å²) < 4.78 is 102. The molecule has 238 valence electrons. The van der Waals surface area contributed by atoms with E-state index in [1.54, 1.807) is 24.3 Å². The second-order valence-electron chi connectivity index (χ2n) is 10.1. The molecular weight excluding hydrogens is 694 g/mol. The monoisotopic (exact) mass is 713 g/mol. The molecule has 0 bridgehead atoms. The molecule has 0 radical (unpaired) electrons. The van der Waals surface area contributed by atoms with Crippen LogP contribution in [0.15, 0.2) is 132 Å². The fourth-order valence-electron chi connectivity index (χ4n) is 4.99. The molecule has 48 heavy (non-hydrogen) atoms. The third-order valence-electron chi connectivity index (χ3n) is 7.20. The van der Waals surface area contributed by atoms with Crippen molar-refractivity contribution in [3.05, 3.63) is 97.1 Å². The molecule has 6 rings (SSSR count). The van der Waals surface area contributed by atoms with Gasteiger partial charge in [-0.1, -0.05) is 36.4 Å². The van der Waals surface area contributed by atoms with Crippen molar-refractivity contribution < 1.29 is 68.5 Å². The van der Waals surface area contributed by atoms with Crippen LogP contribution in [0, 0.1) is 0 Å². The van der Waals surface area contributed by atoms with E-state index in [0.29, 0.717) is 21.8 Å². The molecule has 4 N–H and O–H groups in total. The molecule has 0 aliphatic rings. The number of nitrogens with zero attached hydrogens (tertiary/aromatic N) is 4. The Balaban J connectivity index is 0.00000451. The van der Waals surface area contributed by atoms with Crippen LogP contribution in [0.25, 0.3) is 32.3 Å². The molecule has 18 heteroatoms. The minimum atomic E-state index is -4.88. The standard InChI is InChI=1S/C30H21N5O9S3.Na/c31-25-9-10-28(23-15-17(45(36,37)38)5-7-19(23)25)34-32-26-11-12-29(24-16-18(46(39,40)41)6-8-21(24)26)35-33-27-13-14-30(47(42,43)44)22-4-2-1-3-20(22)27;/h1-16H,31H2,(H,36,37,38)(H,39,40,41)(H,42,43,44);/q;+1/p-1. The van der Waals surface area contributed by atoms with Crippen LogP contribution in [0.5, 0.6) is 0 Å². The van der Waals surface area contributed by atoms with Gasteiger partial charge in [-0.05, 0) is 60.7 Å². The Labute approximate surface area is 295 Å². The smallest absolute Gasteiger partial charge is 0.744 e. The minimum absolute atomic E-state index is 0. The van der Waals surface area contributed by atoms with E-state index in [1.165, 1.54) is 60.7 Å². The van der Waals surface area contributed by atoms with Crippen molar-refractivity contribution in [3.63, 3.8) is 0 Å². The van der Waals surface area contributed by atoms with Gasteiger partial charge in [0.05, 0.1) is 32.5 Å². The summed E-state index contributed by atoms with van der Waals surface area (Å²) in [5.74, 6) is 0. The summed E-state index contributed by atoms with van der Waals surface area (Å²) in [7, 11) is -13.9. The summed E-state index contributed by atoms with van der Waals surface area (Å²) in [6.45, 7) is 0. The van der Waals surface area contributed by atoms with Crippen LogP contribution in [0.4, 0.5) is 28.4 Å². The molecule has 0 unspecified atom stereocenters. The van der Waals surface area contributed by atoms with Gasteiger partial charge < -0.3 is 10.3 Å². The van der Waals surface area contributed by atoms with Crippen molar-refractivity contribution >= 4 is 91.1 Å². The zero-order chi connectivity index (χ0) is 33.7. The summed E-state index contributed by atoms with van der Waals surface area (Å²) in [6, 6.07) is 22.2. The molecule has 0 saturated carbocycles. The maximum Gasteiger partial charge on any atom is 1.00 e. The normalized spacial score (nSPS) is 12.7. The van der Waals surface area contributed by atoms with Crippen molar-refractivity contribution in [2.75, 3.05) is 5.73 Å². The van der Waals surface area contributed by atoms with Crippen molar-refractivity contribution in [2.45, 2.75) is 14.7 Å². The fourth-order valence-corrected chi connectivity index (χ4v) is 6.69. The molecule has 0 aromatic heterocycles. The van der Waals surface area contributed by atoms with Crippen LogP contribution in [-0.2, 0) is 30.4 Å². The first-order valence-corrected chi connectivity index (χ1v) is 17.6. The molecule has 0 amide bonds. The van der Waals surface area contributed by atoms with Gasteiger partial charge in [0.15, 0.2) is 0 Å². The number of hydrogen-bond acceptors (Lipinski definition) is 12. The van der Waals surface area contributed by atoms with E-state index in [0.717, 1.165) is 12.1 Å². The zero-order valence-corrected chi connectivity index (χ0v) is 29.0. The molecule has 0 spiro atoms. The summed E-state index contributed by atoms with van der Waals surface area (Å²) >= 11 is 0. The van der Waals surface area contributed by atoms with Gasteiger partial charge in [-0.15, -0.1) is 20.5 Å². The van der Waals surface area contributed by atoms with Crippen molar-refractivity contribution in [1.82, 2.24) is 0 Å². The first-order chi connectivity index (χ1) is 22.1. The van der Waals surface area contributed by atoms with E-state index < -0.39 is 35.2 Å². The van der Waals surface area contributed by atoms with Gasteiger partial charge in [0.2, 0.25) is 0 Å². The molecule has 6 aromatic carbocycles. The second-order valence-corrected chi connectivity index (χ2v) is 14.3. The van der Waals surface area contributed by atoms with Crippen LogP contribution in [-0.4, -0.2) is 38.9 Å². The fraction of sp³-hybridized carbons (Fsp3) is 0. The van der Waals surface area contributed by atoms with Gasteiger partial charge in [-0.3, -0.25) is 9.11 Å². The van der Waals surface area contributed by atoms with Crippen LogP contribution >= 0.6 is 0 Å². The van der Waals surface area contributed by atoms with Crippen LogP contribution < -0.4 is 35.3 Å². The molecule has 6 aromatic rings. The van der Waals surface area contributed by atoms with Gasteiger partial charge in [0.1, 0.15) is 15.0 Å². The Morgan fingerprint density at radius 2 is 0.938 bits per heavy atom. The Morgan fingerprint density at radius 1 is 0.500 bits per heavy atom. The van der Waals surface area contributed by atoms with Gasteiger partial charge in [0, 0.05) is 38.0 Å². The van der Waals surface area contributed by atoms with Gasteiger partial charge in [-0.2, -0.15) is 16.8 Å². The summed E-state index contributed by atoms with van der Waals surface area (Å²) in [6.07, 6.45) is 0. The summed E-state index contributed by atoms with van der Waals surface area (Å²) in [5, 5.41) is 18.9. The molecule has 0 atom stereocenters. The number of azo groups is 2. The first-order valence-electron chi connectivity index (χ1n) is 13.3. The van der Waals surface area contributed by atoms with Crippen LogP contribution in [0.1, 0.15) is 0 Å². The summed E-state index contributed by atoms with van der Waals surface area (Å²) in [5.41, 5.74) is 7.15. The van der Waals surface area contributed by atoms with Gasteiger partial charge in [-0.25, -0.2) is 8.42 Å². The first kappa shape index (κ1) is 35.1. The van der Waals surface area contributed by atoms with E-state index >= 15 is 0 Å². The van der Waals surface area contributed by atoms with Gasteiger partial charge in [0.25, 0.3) is 20.2 Å². The molecule has 0 fully saturated rings. The number of fused-ring (bicyclic) bond motifs is 3. The summed E-state index contributed by atoms with van der Waals surface area (Å²) in [4.78, 5) is -1.24. The van der Waals surface area contributed by atoms with Crippen molar-refractivity contribution in [1.29, 1.82) is 0 Å². The maximum absolute atomic E-state index is 11.9. The average molecular weight is 714 g/mol. The molecule has 14 nitrogen and oxygen atoms in total. The molecule has 0 saturated heterocycles. The van der Waals surface area contributed by atoms with Crippen molar-refractivity contribution in [3.8, 4) is 0 Å². The zero-order valence-electron chi connectivity index (χ0n) is 24.6. The van der Waals surface area contributed by atoms with E-state index in [9.17, 15) is 38.9 Å². The van der Waals surface area contributed by atoms with Crippen LogP contribution in [0.3, 0.4) is 0 Å². The minimum Gasteiger partial charge on any atom is -0.744 e. The average Bonchev–Trinajstić information content (AvgIpc) is 3.01. The number of anilines is 1. The topological polar surface area (TPSA) is 241 Å². The number of benzene rings is 6. The molecular formula is C30H20N5NaO9S3. The third-order valence-corrected chi connectivity index (χ3v) is 9.79. The van der Waals surface area contributed by atoms with E-state index in [2.05, 4.69) is 20.5 Å². The number of nitrogen functional groups attached to an aromatic ring is 1. The third kappa shape index (κ3) is 7.00. The Kier molecular flexibility index (Phi) is 9.54. The predicted octanol–water partition coefficient (Wildman–Crippen LogP) is 3.96. The molecule has 0 aliphatic heterocycles. The molecule has 0 heterocycles. The van der Waals surface area contributed by atoms with E-state index in [1.807, 2.05) is 0 Å². The maximum atomic E-state index is 11.9. The second kappa shape index (κ2) is 13.0.